The van der Waals surface area contributed by atoms with Crippen LogP contribution in [0.1, 0.15) is 12.8 Å². The van der Waals surface area contributed by atoms with E-state index in [2.05, 4.69) is 5.32 Å². The predicted molar refractivity (Wildman–Crippen MR) is 66.1 cm³/mol. The van der Waals surface area contributed by atoms with Crippen molar-refractivity contribution >= 4 is 11.8 Å². The minimum absolute atomic E-state index is 0.0188. The van der Waals surface area contributed by atoms with E-state index in [1.807, 2.05) is 0 Å². The molecule has 6 nitrogen and oxygen atoms in total. The highest BCUT2D eigenvalue weighted by atomic mass is 16.5. The first-order valence-electron chi connectivity index (χ1n) is 6.53. The first-order valence-corrected chi connectivity index (χ1v) is 6.53. The third-order valence-corrected chi connectivity index (χ3v) is 3.42. The molecule has 1 N–H and O–H groups in total. The summed E-state index contributed by atoms with van der Waals surface area (Å²) in [6.07, 6.45) is 1.35. The fourth-order valence-electron chi connectivity index (χ4n) is 2.31. The molecule has 6 heteroatoms. The van der Waals surface area contributed by atoms with Crippen LogP contribution in [-0.2, 0) is 14.3 Å². The van der Waals surface area contributed by atoms with Gasteiger partial charge in [0.1, 0.15) is 6.10 Å². The quantitative estimate of drug-likeness (QED) is 0.707. The van der Waals surface area contributed by atoms with Crippen LogP contribution in [0.2, 0.25) is 0 Å². The highest BCUT2D eigenvalue weighted by molar-refractivity contribution is 5.87. The summed E-state index contributed by atoms with van der Waals surface area (Å²) in [6, 6.07) is 0. The van der Waals surface area contributed by atoms with Gasteiger partial charge in [0.05, 0.1) is 6.54 Å². The molecule has 0 aromatic carbocycles. The molecular formula is C12H21N3O3. The van der Waals surface area contributed by atoms with E-state index < -0.39 is 0 Å². The average molecular weight is 255 g/mol. The molecule has 18 heavy (non-hydrogen) atoms. The van der Waals surface area contributed by atoms with Gasteiger partial charge < -0.3 is 19.9 Å². The van der Waals surface area contributed by atoms with E-state index in [0.717, 1.165) is 39.0 Å². The van der Waals surface area contributed by atoms with Gasteiger partial charge in [-0.25, -0.2) is 0 Å². The molecular weight excluding hydrogens is 234 g/mol. The lowest BCUT2D eigenvalue weighted by molar-refractivity contribution is -0.145. The van der Waals surface area contributed by atoms with Crippen molar-refractivity contribution in [2.45, 2.75) is 18.9 Å². The lowest BCUT2D eigenvalue weighted by atomic mass is 10.2. The summed E-state index contributed by atoms with van der Waals surface area (Å²) in [5.74, 6) is -0.0543. The third kappa shape index (κ3) is 3.20. The van der Waals surface area contributed by atoms with E-state index in [0.29, 0.717) is 6.61 Å². The highest BCUT2D eigenvalue weighted by Gasteiger charge is 2.28. The van der Waals surface area contributed by atoms with Gasteiger partial charge in [-0.2, -0.15) is 0 Å². The zero-order valence-corrected chi connectivity index (χ0v) is 10.9. The summed E-state index contributed by atoms with van der Waals surface area (Å²) in [7, 11) is 1.67. The second kappa shape index (κ2) is 6.15. The maximum atomic E-state index is 12.0. The maximum Gasteiger partial charge on any atom is 0.251 e. The van der Waals surface area contributed by atoms with Crippen LogP contribution >= 0.6 is 0 Å². The van der Waals surface area contributed by atoms with Crippen LogP contribution in [0.15, 0.2) is 0 Å². The van der Waals surface area contributed by atoms with Crippen molar-refractivity contribution in [2.75, 3.05) is 46.4 Å². The molecule has 0 bridgehead atoms. The van der Waals surface area contributed by atoms with Crippen molar-refractivity contribution in [3.63, 3.8) is 0 Å². The zero-order valence-electron chi connectivity index (χ0n) is 10.9. The van der Waals surface area contributed by atoms with Gasteiger partial charge >= 0.3 is 0 Å². The van der Waals surface area contributed by atoms with Crippen LogP contribution in [-0.4, -0.2) is 74.1 Å². The molecule has 2 saturated heterocycles. The van der Waals surface area contributed by atoms with Crippen molar-refractivity contribution in [2.24, 2.45) is 0 Å². The molecule has 2 fully saturated rings. The summed E-state index contributed by atoms with van der Waals surface area (Å²) in [4.78, 5) is 27.3. The number of hydrogen-bond acceptors (Lipinski definition) is 4. The van der Waals surface area contributed by atoms with Crippen LogP contribution in [0.25, 0.3) is 0 Å². The number of rotatable bonds is 3. The molecule has 0 aliphatic carbocycles. The largest absolute Gasteiger partial charge is 0.368 e. The molecule has 2 aliphatic heterocycles. The van der Waals surface area contributed by atoms with E-state index in [-0.39, 0.29) is 24.5 Å². The molecule has 1 atom stereocenters. The molecule has 0 saturated carbocycles. The van der Waals surface area contributed by atoms with E-state index in [9.17, 15) is 9.59 Å². The Morgan fingerprint density at radius 1 is 1.39 bits per heavy atom. The van der Waals surface area contributed by atoms with Crippen molar-refractivity contribution in [1.82, 2.24) is 15.1 Å². The first-order chi connectivity index (χ1) is 8.68. The van der Waals surface area contributed by atoms with Gasteiger partial charge in [-0.05, 0) is 12.8 Å². The fraction of sp³-hybridized carbons (Fsp3) is 0.833. The lowest BCUT2D eigenvalue weighted by Crippen LogP contribution is -2.50. The van der Waals surface area contributed by atoms with Crippen molar-refractivity contribution in [3.8, 4) is 0 Å². The molecule has 0 aromatic rings. The van der Waals surface area contributed by atoms with Gasteiger partial charge in [0, 0.05) is 39.8 Å². The topological polar surface area (TPSA) is 61.9 Å². The minimum atomic E-state index is -0.342. The van der Waals surface area contributed by atoms with Gasteiger partial charge in [-0.15, -0.1) is 0 Å². The Labute approximate surface area is 107 Å². The maximum absolute atomic E-state index is 12.0. The zero-order chi connectivity index (χ0) is 13.0. The molecule has 2 heterocycles. The van der Waals surface area contributed by atoms with E-state index in [1.54, 1.807) is 11.9 Å². The second-order valence-electron chi connectivity index (χ2n) is 4.83. The van der Waals surface area contributed by atoms with Crippen LogP contribution in [0, 0.1) is 0 Å². The van der Waals surface area contributed by atoms with Crippen molar-refractivity contribution < 1.29 is 14.3 Å². The number of hydrogen-bond donors (Lipinski definition) is 1. The van der Waals surface area contributed by atoms with E-state index >= 15 is 0 Å². The number of amides is 2. The van der Waals surface area contributed by atoms with E-state index in [4.69, 9.17) is 4.74 Å². The molecule has 0 aromatic heterocycles. The molecule has 2 amide bonds. The summed E-state index contributed by atoms with van der Waals surface area (Å²) >= 11 is 0. The second-order valence-corrected chi connectivity index (χ2v) is 4.83. The van der Waals surface area contributed by atoms with Gasteiger partial charge in [0.2, 0.25) is 5.91 Å². The van der Waals surface area contributed by atoms with Crippen LogP contribution in [0.5, 0.6) is 0 Å². The van der Waals surface area contributed by atoms with Gasteiger partial charge in [0.15, 0.2) is 0 Å². The number of nitrogens with zero attached hydrogens (tertiary/aromatic N) is 2. The van der Waals surface area contributed by atoms with E-state index in [1.165, 1.54) is 4.90 Å². The fourth-order valence-corrected chi connectivity index (χ4v) is 2.31. The molecule has 1 unspecified atom stereocenters. The van der Waals surface area contributed by atoms with Gasteiger partial charge in [-0.1, -0.05) is 0 Å². The third-order valence-electron chi connectivity index (χ3n) is 3.42. The number of carbonyl (C=O) groups is 2. The smallest absolute Gasteiger partial charge is 0.251 e. The molecule has 2 rings (SSSR count). The molecule has 102 valence electrons. The summed E-state index contributed by atoms with van der Waals surface area (Å²) in [5.41, 5.74) is 0. The number of ether oxygens (including phenoxy) is 1. The normalized spacial score (nSPS) is 24.1. The Kier molecular flexibility index (Phi) is 4.54. The molecule has 0 spiro atoms. The monoisotopic (exact) mass is 255 g/mol. The molecule has 2 aliphatic rings. The summed E-state index contributed by atoms with van der Waals surface area (Å²) in [5, 5.41) is 3.20. The first kappa shape index (κ1) is 13.3. The Balaban J connectivity index is 1.80. The number of likely N-dealkylation sites (N-methyl/N-ethyl adjacent to an activating group) is 1. The van der Waals surface area contributed by atoms with Crippen LogP contribution in [0.4, 0.5) is 0 Å². The Morgan fingerprint density at radius 2 is 2.11 bits per heavy atom. The lowest BCUT2D eigenvalue weighted by Gasteiger charge is -2.29. The Morgan fingerprint density at radius 3 is 2.72 bits per heavy atom. The highest BCUT2D eigenvalue weighted by Crippen LogP contribution is 2.14. The van der Waals surface area contributed by atoms with Crippen molar-refractivity contribution in [3.05, 3.63) is 0 Å². The van der Waals surface area contributed by atoms with Gasteiger partial charge in [0.25, 0.3) is 5.91 Å². The van der Waals surface area contributed by atoms with Gasteiger partial charge in [-0.3, -0.25) is 9.59 Å². The Hall–Kier alpha value is -1.14. The number of piperazine rings is 1. The minimum Gasteiger partial charge on any atom is -0.368 e. The Bertz CT molecular complexity index is 310. The standard InChI is InChI=1S/C12H21N3O3/c1-14(12(17)10-3-2-8-18-10)9-11(16)15-6-4-13-5-7-15/h10,13H,2-9H2,1H3. The summed E-state index contributed by atoms with van der Waals surface area (Å²) in [6.45, 7) is 3.90. The predicted octanol–water partition coefficient (Wildman–Crippen LogP) is -0.944. The van der Waals surface area contributed by atoms with Crippen molar-refractivity contribution in [1.29, 1.82) is 0 Å². The SMILES string of the molecule is CN(CC(=O)N1CCNCC1)C(=O)C1CCCO1. The van der Waals surface area contributed by atoms with Crippen LogP contribution < -0.4 is 5.32 Å². The molecule has 0 radical (unpaired) electrons. The number of carbonyl (C=O) groups excluding carboxylic acids is 2. The average Bonchev–Trinajstić information content (AvgIpc) is 2.92. The summed E-state index contributed by atoms with van der Waals surface area (Å²) < 4.78 is 5.34. The van der Waals surface area contributed by atoms with Crippen LogP contribution in [0.3, 0.4) is 0 Å². The number of nitrogens with one attached hydrogen (secondary N) is 1.